The van der Waals surface area contributed by atoms with E-state index in [9.17, 15) is 13.2 Å². The molecule has 1 heterocycles. The normalized spacial score (nSPS) is 11.2. The number of thiophene rings is 1. The molecule has 0 bridgehead atoms. The Balaban J connectivity index is 2.29. The molecular formula is C11H8ClNO4S2. The molecule has 100 valence electrons. The average molecular weight is 318 g/mol. The molecule has 0 atom stereocenters. The highest BCUT2D eigenvalue weighted by Gasteiger charge is 2.19. The van der Waals surface area contributed by atoms with Crippen LogP contribution in [0.25, 0.3) is 0 Å². The van der Waals surface area contributed by atoms with Crippen molar-refractivity contribution in [1.82, 2.24) is 0 Å². The lowest BCUT2D eigenvalue weighted by Crippen LogP contribution is -2.11. The van der Waals surface area contributed by atoms with E-state index in [2.05, 4.69) is 4.72 Å². The van der Waals surface area contributed by atoms with Crippen molar-refractivity contribution >= 4 is 44.6 Å². The number of rotatable bonds is 4. The molecule has 2 N–H and O–H groups in total. The number of halogens is 1. The standard InChI is InChI=1S/C11H8ClNO4S2/c12-7-2-1-3-8(6-7)13-19(16,17)10-5-4-9(18-10)11(14)15/h1-6,13H,(H,14,15). The fourth-order valence-electron chi connectivity index (χ4n) is 1.34. The van der Waals surface area contributed by atoms with Crippen LogP contribution in [0, 0.1) is 0 Å². The van der Waals surface area contributed by atoms with Crippen LogP contribution < -0.4 is 4.72 Å². The minimum absolute atomic E-state index is 0.0357. The quantitative estimate of drug-likeness (QED) is 0.908. The molecule has 0 aliphatic carbocycles. The van der Waals surface area contributed by atoms with E-state index in [0.29, 0.717) is 22.0 Å². The third-order valence-corrected chi connectivity index (χ3v) is 5.32. The van der Waals surface area contributed by atoms with Crippen molar-refractivity contribution in [3.8, 4) is 0 Å². The van der Waals surface area contributed by atoms with Crippen LogP contribution in [0.3, 0.4) is 0 Å². The van der Waals surface area contributed by atoms with E-state index in [1.165, 1.54) is 18.2 Å². The summed E-state index contributed by atoms with van der Waals surface area (Å²) in [5, 5.41) is 9.17. The first-order chi connectivity index (χ1) is 8.88. The monoisotopic (exact) mass is 317 g/mol. The lowest BCUT2D eigenvalue weighted by molar-refractivity contribution is 0.0702. The van der Waals surface area contributed by atoms with Gasteiger partial charge in [0.1, 0.15) is 9.09 Å². The molecule has 8 heteroatoms. The fourth-order valence-corrected chi connectivity index (χ4v) is 3.72. The SMILES string of the molecule is O=C(O)c1ccc(S(=O)(=O)Nc2cccc(Cl)c2)s1. The Morgan fingerprint density at radius 3 is 2.58 bits per heavy atom. The number of benzene rings is 1. The van der Waals surface area contributed by atoms with Crippen molar-refractivity contribution in [2.75, 3.05) is 4.72 Å². The number of carboxylic acids is 1. The molecule has 5 nitrogen and oxygen atoms in total. The molecular weight excluding hydrogens is 310 g/mol. The third-order valence-electron chi connectivity index (χ3n) is 2.13. The van der Waals surface area contributed by atoms with Crippen LogP contribution in [-0.4, -0.2) is 19.5 Å². The predicted octanol–water partition coefficient (Wildman–Crippen LogP) is 2.90. The van der Waals surface area contributed by atoms with Crippen LogP contribution in [-0.2, 0) is 10.0 Å². The van der Waals surface area contributed by atoms with E-state index in [0.717, 1.165) is 0 Å². The summed E-state index contributed by atoms with van der Waals surface area (Å²) in [5.74, 6) is -1.16. The predicted molar refractivity (Wildman–Crippen MR) is 73.5 cm³/mol. The maximum Gasteiger partial charge on any atom is 0.345 e. The van der Waals surface area contributed by atoms with E-state index in [1.54, 1.807) is 18.2 Å². The van der Waals surface area contributed by atoms with Gasteiger partial charge in [-0.1, -0.05) is 17.7 Å². The van der Waals surface area contributed by atoms with Gasteiger partial charge in [-0.05, 0) is 30.3 Å². The molecule has 0 aliphatic rings. The lowest BCUT2D eigenvalue weighted by atomic mass is 10.3. The molecule has 2 aromatic rings. The van der Waals surface area contributed by atoms with Gasteiger partial charge in [-0.25, -0.2) is 13.2 Å². The van der Waals surface area contributed by atoms with Crippen LogP contribution in [0.15, 0.2) is 40.6 Å². The zero-order chi connectivity index (χ0) is 14.0. The Labute approximate surface area is 118 Å². The minimum Gasteiger partial charge on any atom is -0.477 e. The van der Waals surface area contributed by atoms with E-state index in [1.807, 2.05) is 0 Å². The number of nitrogens with one attached hydrogen (secondary N) is 1. The van der Waals surface area contributed by atoms with Gasteiger partial charge in [0.05, 0.1) is 5.69 Å². The van der Waals surface area contributed by atoms with Crippen molar-refractivity contribution in [3.63, 3.8) is 0 Å². The summed E-state index contributed by atoms with van der Waals surface area (Å²) in [6.45, 7) is 0. The number of hydrogen-bond acceptors (Lipinski definition) is 4. The number of sulfonamides is 1. The minimum atomic E-state index is -3.80. The molecule has 0 saturated heterocycles. The van der Waals surface area contributed by atoms with Gasteiger partial charge in [-0.3, -0.25) is 4.72 Å². The van der Waals surface area contributed by atoms with Crippen molar-refractivity contribution in [1.29, 1.82) is 0 Å². The number of anilines is 1. The molecule has 19 heavy (non-hydrogen) atoms. The van der Waals surface area contributed by atoms with Crippen molar-refractivity contribution in [3.05, 3.63) is 46.3 Å². The third kappa shape index (κ3) is 3.25. The van der Waals surface area contributed by atoms with Crippen LogP contribution in [0.5, 0.6) is 0 Å². The lowest BCUT2D eigenvalue weighted by Gasteiger charge is -2.06. The highest BCUT2D eigenvalue weighted by atomic mass is 35.5. The molecule has 0 fully saturated rings. The zero-order valence-corrected chi connectivity index (χ0v) is 11.7. The summed E-state index contributed by atoms with van der Waals surface area (Å²) < 4.78 is 26.3. The zero-order valence-electron chi connectivity index (χ0n) is 9.33. The average Bonchev–Trinajstić information content (AvgIpc) is 2.78. The summed E-state index contributed by atoms with van der Waals surface area (Å²) >= 11 is 6.44. The van der Waals surface area contributed by atoms with Gasteiger partial charge in [-0.2, -0.15) is 0 Å². The van der Waals surface area contributed by atoms with Gasteiger partial charge in [-0.15, -0.1) is 11.3 Å². The molecule has 0 unspecified atom stereocenters. The van der Waals surface area contributed by atoms with Crippen LogP contribution in [0.4, 0.5) is 5.69 Å². The van der Waals surface area contributed by atoms with Crippen molar-refractivity contribution < 1.29 is 18.3 Å². The largest absolute Gasteiger partial charge is 0.477 e. The first kappa shape index (κ1) is 13.9. The smallest absolute Gasteiger partial charge is 0.345 e. The Morgan fingerprint density at radius 1 is 1.26 bits per heavy atom. The Kier molecular flexibility index (Phi) is 3.79. The Hall–Kier alpha value is -1.57. The van der Waals surface area contributed by atoms with Gasteiger partial charge in [0.2, 0.25) is 0 Å². The van der Waals surface area contributed by atoms with Gasteiger partial charge in [0, 0.05) is 5.02 Å². The fraction of sp³-hybridized carbons (Fsp3) is 0. The molecule has 1 aromatic carbocycles. The molecule has 0 saturated carbocycles. The molecule has 1 aromatic heterocycles. The van der Waals surface area contributed by atoms with Crippen LogP contribution in [0.2, 0.25) is 5.02 Å². The number of hydrogen-bond donors (Lipinski definition) is 2. The van der Waals surface area contributed by atoms with Gasteiger partial charge >= 0.3 is 5.97 Å². The van der Waals surface area contributed by atoms with E-state index in [4.69, 9.17) is 16.7 Å². The second kappa shape index (κ2) is 5.20. The van der Waals surface area contributed by atoms with E-state index < -0.39 is 16.0 Å². The molecule has 0 radical (unpaired) electrons. The number of carbonyl (C=O) groups is 1. The summed E-state index contributed by atoms with van der Waals surface area (Å²) in [5.41, 5.74) is 0.317. The highest BCUT2D eigenvalue weighted by molar-refractivity contribution is 7.94. The maximum atomic E-state index is 12.0. The first-order valence-corrected chi connectivity index (χ1v) is 7.68. The second-order valence-electron chi connectivity index (χ2n) is 3.54. The van der Waals surface area contributed by atoms with E-state index in [-0.39, 0.29) is 9.09 Å². The van der Waals surface area contributed by atoms with Gasteiger partial charge in [0.15, 0.2) is 0 Å². The number of aromatic carboxylic acids is 1. The molecule has 2 rings (SSSR count). The molecule has 0 amide bonds. The summed E-state index contributed by atoms with van der Waals surface area (Å²) in [7, 11) is -3.80. The maximum absolute atomic E-state index is 12.0. The van der Waals surface area contributed by atoms with E-state index >= 15 is 0 Å². The Bertz CT molecular complexity index is 724. The van der Waals surface area contributed by atoms with Crippen LogP contribution >= 0.6 is 22.9 Å². The molecule has 0 aliphatic heterocycles. The summed E-state index contributed by atoms with van der Waals surface area (Å²) in [6, 6.07) is 8.74. The van der Waals surface area contributed by atoms with Crippen molar-refractivity contribution in [2.24, 2.45) is 0 Å². The Morgan fingerprint density at radius 2 is 2.00 bits per heavy atom. The summed E-state index contributed by atoms with van der Waals surface area (Å²) in [6.07, 6.45) is 0. The first-order valence-electron chi connectivity index (χ1n) is 5.00. The van der Waals surface area contributed by atoms with Crippen molar-refractivity contribution in [2.45, 2.75) is 4.21 Å². The highest BCUT2D eigenvalue weighted by Crippen LogP contribution is 2.25. The molecule has 0 spiro atoms. The van der Waals surface area contributed by atoms with Crippen LogP contribution in [0.1, 0.15) is 9.67 Å². The van der Waals surface area contributed by atoms with Gasteiger partial charge < -0.3 is 5.11 Å². The van der Waals surface area contributed by atoms with Gasteiger partial charge in [0.25, 0.3) is 10.0 Å². The second-order valence-corrected chi connectivity index (χ2v) is 6.97. The topological polar surface area (TPSA) is 83.5 Å². The summed E-state index contributed by atoms with van der Waals surface area (Å²) in [4.78, 5) is 10.7. The number of carboxylic acid groups (broad SMARTS) is 1.